The first-order valence-corrected chi connectivity index (χ1v) is 7.38. The van der Waals surface area contributed by atoms with Crippen LogP contribution in [0.1, 0.15) is 31.4 Å². The third-order valence-corrected chi connectivity index (χ3v) is 3.94. The molecule has 2 atom stereocenters. The number of rotatable bonds is 4. The van der Waals surface area contributed by atoms with Crippen molar-refractivity contribution in [2.45, 2.75) is 31.9 Å². The average molecular weight is 283 g/mol. The topological polar surface area (TPSA) is 38.5 Å². The molecule has 19 heavy (non-hydrogen) atoms. The summed E-state index contributed by atoms with van der Waals surface area (Å²) in [5.41, 5.74) is 7.29. The smallest absolute Gasteiger partial charge is 0.0673 e. The van der Waals surface area contributed by atoms with Crippen LogP contribution in [0.3, 0.4) is 0 Å². The Hall–Kier alpha value is -0.610. The van der Waals surface area contributed by atoms with Gasteiger partial charge in [-0.05, 0) is 31.4 Å². The lowest BCUT2D eigenvalue weighted by molar-refractivity contribution is 0.0674. The molecule has 0 amide bonds. The summed E-state index contributed by atoms with van der Waals surface area (Å²) in [5.74, 6) is 0. The highest BCUT2D eigenvalue weighted by Gasteiger charge is 2.16. The van der Waals surface area contributed by atoms with E-state index in [9.17, 15) is 0 Å². The van der Waals surface area contributed by atoms with Gasteiger partial charge < -0.3 is 15.4 Å². The van der Waals surface area contributed by atoms with E-state index >= 15 is 0 Å². The van der Waals surface area contributed by atoms with Gasteiger partial charge in [-0.2, -0.15) is 0 Å². The van der Waals surface area contributed by atoms with Crippen molar-refractivity contribution in [3.05, 3.63) is 34.9 Å². The molecule has 0 spiro atoms. The lowest BCUT2D eigenvalue weighted by Gasteiger charge is -2.23. The monoisotopic (exact) mass is 282 g/mol. The molecule has 106 valence electrons. The molecule has 2 rings (SSSR count). The molecular weight excluding hydrogens is 260 g/mol. The number of nitrogens with two attached hydrogens (primary N) is 1. The number of benzene rings is 1. The number of ether oxygens (including phenoxy) is 1. The molecule has 1 heterocycles. The molecule has 0 aliphatic carbocycles. The zero-order chi connectivity index (χ0) is 13.7. The Morgan fingerprint density at radius 1 is 1.47 bits per heavy atom. The zero-order valence-corrected chi connectivity index (χ0v) is 12.3. The third-order valence-electron chi connectivity index (χ3n) is 3.60. The quantitative estimate of drug-likeness (QED) is 0.923. The summed E-state index contributed by atoms with van der Waals surface area (Å²) in [6, 6.07) is 7.85. The number of halogens is 1. The van der Waals surface area contributed by atoms with Crippen LogP contribution in [0.25, 0.3) is 0 Å². The van der Waals surface area contributed by atoms with Crippen LogP contribution in [-0.4, -0.2) is 37.2 Å². The summed E-state index contributed by atoms with van der Waals surface area (Å²) >= 11 is 6.18. The Bertz CT molecular complexity index is 399. The first kappa shape index (κ1) is 14.8. The van der Waals surface area contributed by atoms with Gasteiger partial charge in [0.05, 0.1) is 6.10 Å². The minimum atomic E-state index is 0.00757. The van der Waals surface area contributed by atoms with E-state index in [4.69, 9.17) is 22.1 Å². The van der Waals surface area contributed by atoms with E-state index in [0.29, 0.717) is 6.10 Å². The molecular formula is C15H23ClN2O. The lowest BCUT2D eigenvalue weighted by Crippen LogP contribution is -2.32. The van der Waals surface area contributed by atoms with E-state index < -0.39 is 0 Å². The number of hydrogen-bond acceptors (Lipinski definition) is 3. The first-order valence-electron chi connectivity index (χ1n) is 7.01. The van der Waals surface area contributed by atoms with E-state index in [-0.39, 0.29) is 6.04 Å². The average Bonchev–Trinajstić information content (AvgIpc) is 2.61. The van der Waals surface area contributed by atoms with Gasteiger partial charge in [0.15, 0.2) is 0 Å². The SMILES string of the molecule is CC1CN(CCC(N)c2ccccc2Cl)CCCO1. The van der Waals surface area contributed by atoms with Crippen LogP contribution in [0, 0.1) is 0 Å². The fourth-order valence-electron chi connectivity index (χ4n) is 2.54. The highest BCUT2D eigenvalue weighted by atomic mass is 35.5. The highest BCUT2D eigenvalue weighted by Crippen LogP contribution is 2.23. The van der Waals surface area contributed by atoms with Crippen molar-refractivity contribution in [1.29, 1.82) is 0 Å². The van der Waals surface area contributed by atoms with Crippen LogP contribution in [-0.2, 0) is 4.74 Å². The van der Waals surface area contributed by atoms with Crippen LogP contribution < -0.4 is 5.73 Å². The molecule has 0 saturated carbocycles. The fourth-order valence-corrected chi connectivity index (χ4v) is 2.81. The minimum Gasteiger partial charge on any atom is -0.377 e. The van der Waals surface area contributed by atoms with Crippen molar-refractivity contribution in [2.24, 2.45) is 5.73 Å². The summed E-state index contributed by atoms with van der Waals surface area (Å²) in [6.07, 6.45) is 2.35. The number of hydrogen-bond donors (Lipinski definition) is 1. The van der Waals surface area contributed by atoms with Gasteiger partial charge in [-0.25, -0.2) is 0 Å². The second-order valence-electron chi connectivity index (χ2n) is 5.25. The second-order valence-corrected chi connectivity index (χ2v) is 5.66. The van der Waals surface area contributed by atoms with Crippen molar-refractivity contribution < 1.29 is 4.74 Å². The zero-order valence-electron chi connectivity index (χ0n) is 11.5. The predicted octanol–water partition coefficient (Wildman–Crippen LogP) is 2.84. The Labute approximate surface area is 120 Å². The Kier molecular flexibility index (Phi) is 5.64. The maximum atomic E-state index is 6.24. The van der Waals surface area contributed by atoms with E-state index in [1.807, 2.05) is 24.3 Å². The lowest BCUT2D eigenvalue weighted by atomic mass is 10.0. The maximum absolute atomic E-state index is 6.24. The molecule has 1 aromatic rings. The summed E-state index contributed by atoms with van der Waals surface area (Å²) < 4.78 is 5.65. The van der Waals surface area contributed by atoms with Gasteiger partial charge in [0.2, 0.25) is 0 Å². The molecule has 1 saturated heterocycles. The Morgan fingerprint density at radius 3 is 3.05 bits per heavy atom. The van der Waals surface area contributed by atoms with E-state index in [0.717, 1.165) is 49.7 Å². The Balaban J connectivity index is 1.86. The van der Waals surface area contributed by atoms with Gasteiger partial charge in [0, 0.05) is 37.3 Å². The molecule has 2 N–H and O–H groups in total. The summed E-state index contributed by atoms with van der Waals surface area (Å²) in [5, 5.41) is 0.766. The molecule has 1 aromatic carbocycles. The third kappa shape index (κ3) is 4.46. The van der Waals surface area contributed by atoms with Gasteiger partial charge in [0.1, 0.15) is 0 Å². The van der Waals surface area contributed by atoms with Crippen molar-refractivity contribution >= 4 is 11.6 Å². The van der Waals surface area contributed by atoms with E-state index in [2.05, 4.69) is 11.8 Å². The normalized spacial score (nSPS) is 23.0. The van der Waals surface area contributed by atoms with Gasteiger partial charge in [0.25, 0.3) is 0 Å². The summed E-state index contributed by atoms with van der Waals surface area (Å²) in [7, 11) is 0. The fraction of sp³-hybridized carbons (Fsp3) is 0.600. The highest BCUT2D eigenvalue weighted by molar-refractivity contribution is 6.31. The molecule has 0 bridgehead atoms. The molecule has 4 heteroatoms. The molecule has 2 unspecified atom stereocenters. The van der Waals surface area contributed by atoms with Crippen molar-refractivity contribution in [3.63, 3.8) is 0 Å². The van der Waals surface area contributed by atoms with Gasteiger partial charge in [-0.3, -0.25) is 0 Å². The molecule has 1 fully saturated rings. The van der Waals surface area contributed by atoms with E-state index in [1.54, 1.807) is 0 Å². The van der Waals surface area contributed by atoms with Crippen LogP contribution >= 0.6 is 11.6 Å². The van der Waals surface area contributed by atoms with Gasteiger partial charge >= 0.3 is 0 Å². The molecule has 3 nitrogen and oxygen atoms in total. The summed E-state index contributed by atoms with van der Waals surface area (Å²) in [6.45, 7) is 6.09. The largest absolute Gasteiger partial charge is 0.377 e. The van der Waals surface area contributed by atoms with E-state index in [1.165, 1.54) is 0 Å². The molecule has 1 aliphatic rings. The Morgan fingerprint density at radius 2 is 2.26 bits per heavy atom. The van der Waals surface area contributed by atoms with Crippen LogP contribution in [0.15, 0.2) is 24.3 Å². The predicted molar refractivity (Wildman–Crippen MR) is 79.5 cm³/mol. The standard InChI is InChI=1S/C15H23ClN2O/c1-12-11-18(8-4-10-19-12)9-7-15(17)13-5-2-3-6-14(13)16/h2-3,5-6,12,15H,4,7-11,17H2,1H3. The van der Waals surface area contributed by atoms with Crippen molar-refractivity contribution in [3.8, 4) is 0 Å². The van der Waals surface area contributed by atoms with Gasteiger partial charge in [-0.1, -0.05) is 29.8 Å². The molecule has 0 aromatic heterocycles. The molecule has 0 radical (unpaired) electrons. The van der Waals surface area contributed by atoms with Gasteiger partial charge in [-0.15, -0.1) is 0 Å². The second kappa shape index (κ2) is 7.25. The maximum Gasteiger partial charge on any atom is 0.0673 e. The van der Waals surface area contributed by atoms with Crippen molar-refractivity contribution in [2.75, 3.05) is 26.2 Å². The first-order chi connectivity index (χ1) is 9.16. The minimum absolute atomic E-state index is 0.00757. The molecule has 1 aliphatic heterocycles. The van der Waals surface area contributed by atoms with Crippen LogP contribution in [0.4, 0.5) is 0 Å². The van der Waals surface area contributed by atoms with Crippen LogP contribution in [0.5, 0.6) is 0 Å². The summed E-state index contributed by atoms with van der Waals surface area (Å²) in [4.78, 5) is 2.44. The van der Waals surface area contributed by atoms with Crippen LogP contribution in [0.2, 0.25) is 5.02 Å². The number of nitrogens with zero attached hydrogens (tertiary/aromatic N) is 1. The van der Waals surface area contributed by atoms with Crippen molar-refractivity contribution in [1.82, 2.24) is 4.90 Å².